The molecule has 2 atom stereocenters. The van der Waals surface area contributed by atoms with Crippen LogP contribution in [0.15, 0.2) is 30.3 Å². The van der Waals surface area contributed by atoms with Crippen LogP contribution in [-0.2, 0) is 11.2 Å². The first-order chi connectivity index (χ1) is 11.7. The summed E-state index contributed by atoms with van der Waals surface area (Å²) in [6, 6.07) is 8.51. The average Bonchev–Trinajstić information content (AvgIpc) is 2.95. The van der Waals surface area contributed by atoms with E-state index in [2.05, 4.69) is 17.9 Å². The summed E-state index contributed by atoms with van der Waals surface area (Å²) in [6.45, 7) is 4.38. The number of carbonyl (C=O) groups is 1. The number of aromatic nitrogens is 1. The number of fused-ring (bicyclic) bond motifs is 3. The smallest absolute Gasteiger partial charge is 0.543 e. The molecule has 0 unspecified atom stereocenters. The van der Waals surface area contributed by atoms with Crippen molar-refractivity contribution in [1.29, 1.82) is 0 Å². The Morgan fingerprint density at radius 1 is 1.32 bits per heavy atom. The van der Waals surface area contributed by atoms with E-state index in [4.69, 9.17) is 0 Å². The third-order valence-electron chi connectivity index (χ3n) is 6.46. The van der Waals surface area contributed by atoms with Gasteiger partial charge in [0.05, 0.1) is 23.2 Å². The molecule has 0 spiro atoms. The molecular formula is C20H21N2NaO2. The van der Waals surface area contributed by atoms with Crippen molar-refractivity contribution in [1.82, 2.24) is 9.47 Å². The van der Waals surface area contributed by atoms with Gasteiger partial charge in [0.2, 0.25) is 0 Å². The van der Waals surface area contributed by atoms with Crippen LogP contribution in [0.1, 0.15) is 43.5 Å². The van der Waals surface area contributed by atoms with Crippen LogP contribution in [-0.4, -0.2) is 28.5 Å². The van der Waals surface area contributed by atoms with Crippen LogP contribution >= 0.6 is 0 Å². The fourth-order valence-corrected chi connectivity index (χ4v) is 5.43. The summed E-state index contributed by atoms with van der Waals surface area (Å²) >= 11 is 0. The molecule has 5 heteroatoms. The van der Waals surface area contributed by atoms with E-state index in [0.717, 1.165) is 44.3 Å². The second kappa shape index (κ2) is 5.98. The van der Waals surface area contributed by atoms with Gasteiger partial charge in [0.15, 0.2) is 0 Å². The Morgan fingerprint density at radius 2 is 2.12 bits per heavy atom. The molecule has 25 heavy (non-hydrogen) atoms. The van der Waals surface area contributed by atoms with E-state index in [0.29, 0.717) is 11.7 Å². The Kier molecular flexibility index (Phi) is 4.15. The molecule has 0 bridgehead atoms. The van der Waals surface area contributed by atoms with Crippen LogP contribution in [0, 0.1) is 5.41 Å². The Bertz CT molecular complexity index is 900. The number of carboxylic acid groups (broad SMARTS) is 1. The maximum atomic E-state index is 12.0. The van der Waals surface area contributed by atoms with Gasteiger partial charge in [-0.15, -0.1) is 0 Å². The predicted octanol–water partition coefficient (Wildman–Crippen LogP) is -0.661. The van der Waals surface area contributed by atoms with Crippen molar-refractivity contribution in [3.05, 3.63) is 41.6 Å². The largest absolute Gasteiger partial charge is 1.00 e. The van der Waals surface area contributed by atoms with Gasteiger partial charge in [0.25, 0.3) is 0 Å². The molecule has 4 nitrogen and oxygen atoms in total. The van der Waals surface area contributed by atoms with Crippen molar-refractivity contribution < 1.29 is 39.5 Å². The van der Waals surface area contributed by atoms with Crippen LogP contribution in [0.2, 0.25) is 0 Å². The second-order valence-corrected chi connectivity index (χ2v) is 7.41. The minimum absolute atomic E-state index is 0. The van der Waals surface area contributed by atoms with Gasteiger partial charge in [0.1, 0.15) is 0 Å². The van der Waals surface area contributed by atoms with Crippen molar-refractivity contribution in [3.63, 3.8) is 0 Å². The Hall–Kier alpha value is -1.07. The van der Waals surface area contributed by atoms with E-state index in [1.54, 1.807) is 0 Å². The molecule has 1 fully saturated rings. The quantitative estimate of drug-likeness (QED) is 0.680. The van der Waals surface area contributed by atoms with Gasteiger partial charge in [-0.05, 0) is 43.9 Å². The molecule has 124 valence electrons. The number of rotatable bonds is 2. The summed E-state index contributed by atoms with van der Waals surface area (Å²) in [4.78, 5) is 14.6. The summed E-state index contributed by atoms with van der Waals surface area (Å²) in [7, 11) is 0. The molecule has 5 rings (SSSR count). The maximum absolute atomic E-state index is 12.0. The zero-order valence-corrected chi connectivity index (χ0v) is 16.9. The molecule has 0 aliphatic carbocycles. The van der Waals surface area contributed by atoms with Crippen LogP contribution in [0.5, 0.6) is 0 Å². The van der Waals surface area contributed by atoms with Crippen LogP contribution in [0.4, 0.5) is 0 Å². The van der Waals surface area contributed by atoms with Gasteiger partial charge in [-0.2, -0.15) is 0 Å². The van der Waals surface area contributed by atoms with Gasteiger partial charge < -0.3 is 14.5 Å². The molecule has 2 aromatic rings. The SMILES string of the molecule is CC[C@@]12C=C(C(=O)[O-])n3c4c(c5ccccc53)CCN(CCC1)[C@@H]42.[Na+]. The standard InChI is InChI=1S/C20H22N2O2.Na/c1-2-20-9-5-10-21-11-8-14-13-6-3-4-7-15(13)22(17(14)18(20)21)16(12-20)19(23)24;/h3-4,6-7,12,18H,2,5,8-11H2,1H3,(H,23,24);/q;+1/p-1/t18-,20-;/m0./s1. The van der Waals surface area contributed by atoms with Crippen LogP contribution in [0.25, 0.3) is 16.6 Å². The van der Waals surface area contributed by atoms with Gasteiger partial charge in [-0.1, -0.05) is 31.2 Å². The summed E-state index contributed by atoms with van der Waals surface area (Å²) < 4.78 is 1.98. The van der Waals surface area contributed by atoms with Crippen molar-refractivity contribution in [3.8, 4) is 0 Å². The third kappa shape index (κ3) is 2.18. The number of hydrogen-bond acceptors (Lipinski definition) is 3. The van der Waals surface area contributed by atoms with Crippen LogP contribution in [0.3, 0.4) is 0 Å². The Balaban J connectivity index is 0.00000157. The molecule has 3 aliphatic rings. The monoisotopic (exact) mass is 344 g/mol. The summed E-state index contributed by atoms with van der Waals surface area (Å²) in [5, 5.41) is 13.2. The molecule has 1 aromatic carbocycles. The first-order valence-corrected chi connectivity index (χ1v) is 8.97. The normalized spacial score (nSPS) is 27.4. The molecule has 1 saturated heterocycles. The van der Waals surface area contributed by atoms with Crippen molar-refractivity contribution in [2.45, 2.75) is 38.6 Å². The summed E-state index contributed by atoms with van der Waals surface area (Å²) in [6.07, 6.45) is 6.18. The topological polar surface area (TPSA) is 48.3 Å². The Morgan fingerprint density at radius 3 is 2.88 bits per heavy atom. The minimum Gasteiger partial charge on any atom is -0.543 e. The number of carbonyl (C=O) groups excluding carboxylic acids is 1. The van der Waals surface area contributed by atoms with E-state index in [9.17, 15) is 9.90 Å². The molecule has 0 N–H and O–H groups in total. The fourth-order valence-electron chi connectivity index (χ4n) is 5.43. The van der Waals surface area contributed by atoms with Gasteiger partial charge in [-0.25, -0.2) is 0 Å². The molecule has 0 saturated carbocycles. The number of para-hydroxylation sites is 1. The number of piperidine rings is 1. The molecular weight excluding hydrogens is 323 g/mol. The molecule has 0 amide bonds. The van der Waals surface area contributed by atoms with E-state index < -0.39 is 5.97 Å². The zero-order valence-electron chi connectivity index (χ0n) is 14.9. The Labute approximate surface area is 169 Å². The number of hydrogen-bond donors (Lipinski definition) is 0. The zero-order chi connectivity index (χ0) is 16.5. The first kappa shape index (κ1) is 17.3. The number of nitrogens with zero attached hydrogens (tertiary/aromatic N) is 2. The molecule has 1 aromatic heterocycles. The maximum Gasteiger partial charge on any atom is 1.00 e. The van der Waals surface area contributed by atoms with E-state index in [1.807, 2.05) is 28.8 Å². The van der Waals surface area contributed by atoms with Crippen molar-refractivity contribution >= 4 is 22.6 Å². The molecule has 0 radical (unpaired) electrons. The van der Waals surface area contributed by atoms with Gasteiger partial charge >= 0.3 is 29.6 Å². The number of benzene rings is 1. The summed E-state index contributed by atoms with van der Waals surface area (Å²) in [5.74, 6) is -1.06. The first-order valence-electron chi connectivity index (χ1n) is 8.97. The fraction of sp³-hybridized carbons (Fsp3) is 0.450. The van der Waals surface area contributed by atoms with Crippen LogP contribution < -0.4 is 34.7 Å². The third-order valence-corrected chi connectivity index (χ3v) is 6.46. The second-order valence-electron chi connectivity index (χ2n) is 7.41. The average molecular weight is 344 g/mol. The van der Waals surface area contributed by atoms with Crippen molar-refractivity contribution in [2.24, 2.45) is 5.41 Å². The van der Waals surface area contributed by atoms with Crippen molar-refractivity contribution in [2.75, 3.05) is 13.1 Å². The van der Waals surface area contributed by atoms with E-state index in [1.165, 1.54) is 16.6 Å². The summed E-state index contributed by atoms with van der Waals surface area (Å²) in [5.41, 5.74) is 3.83. The van der Waals surface area contributed by atoms with Gasteiger partial charge in [-0.3, -0.25) is 4.90 Å². The molecule has 3 aliphatic heterocycles. The minimum atomic E-state index is -1.06. The van der Waals surface area contributed by atoms with E-state index >= 15 is 0 Å². The predicted molar refractivity (Wildman–Crippen MR) is 91.2 cm³/mol. The van der Waals surface area contributed by atoms with E-state index in [-0.39, 0.29) is 35.0 Å². The molecule has 4 heterocycles. The van der Waals surface area contributed by atoms with Gasteiger partial charge in [0, 0.05) is 23.0 Å². The number of aliphatic carboxylic acids is 1. The number of carboxylic acids is 1.